The lowest BCUT2D eigenvalue weighted by molar-refractivity contribution is 0.0602. The molecule has 0 aliphatic heterocycles. The molecule has 1 aromatic heterocycles. The van der Waals surface area contributed by atoms with Crippen LogP contribution in [-0.4, -0.2) is 21.5 Å². The average molecular weight is 316 g/mol. The molecule has 0 spiro atoms. The first kappa shape index (κ1) is 14.5. The highest BCUT2D eigenvalue weighted by Gasteiger charge is 2.26. The number of thiophene rings is 1. The zero-order valence-electron chi connectivity index (χ0n) is 10.2. The smallest absolute Gasteiger partial charge is 0.349 e. The number of halogens is 1. The molecule has 2 rings (SSSR count). The summed E-state index contributed by atoms with van der Waals surface area (Å²) in [6.07, 6.45) is 0. The third-order valence-corrected chi connectivity index (χ3v) is 4.59. The van der Waals surface area contributed by atoms with Crippen molar-refractivity contribution in [3.8, 4) is 5.75 Å². The molecule has 1 heterocycles. The molecule has 5 nitrogen and oxygen atoms in total. The summed E-state index contributed by atoms with van der Waals surface area (Å²) >= 11 is 0.915. The Morgan fingerprint density at radius 3 is 2.70 bits per heavy atom. The van der Waals surface area contributed by atoms with Crippen LogP contribution in [0, 0.1) is 5.82 Å². The molecule has 1 aromatic carbocycles. The van der Waals surface area contributed by atoms with Crippen LogP contribution >= 0.6 is 11.3 Å². The second-order valence-electron chi connectivity index (χ2n) is 3.60. The van der Waals surface area contributed by atoms with Crippen LogP contribution in [0.3, 0.4) is 0 Å². The van der Waals surface area contributed by atoms with Gasteiger partial charge in [0.15, 0.2) is 0 Å². The molecule has 8 heteroatoms. The normalized spacial score (nSPS) is 11.1. The van der Waals surface area contributed by atoms with Crippen molar-refractivity contribution in [2.24, 2.45) is 0 Å². The van der Waals surface area contributed by atoms with Gasteiger partial charge in [-0.15, -0.1) is 11.3 Å². The first-order valence-corrected chi connectivity index (χ1v) is 7.58. The van der Waals surface area contributed by atoms with Crippen LogP contribution in [-0.2, 0) is 14.9 Å². The Hall–Kier alpha value is -1.93. The van der Waals surface area contributed by atoms with E-state index in [1.165, 1.54) is 23.6 Å². The molecule has 0 fully saturated rings. The Labute approximate surface area is 118 Å². The lowest BCUT2D eigenvalue weighted by Gasteiger charge is -2.07. The summed E-state index contributed by atoms with van der Waals surface area (Å²) in [6.45, 7) is 0. The Balaban J connectivity index is 2.36. The summed E-state index contributed by atoms with van der Waals surface area (Å²) in [7, 11) is -3.08. The van der Waals surface area contributed by atoms with E-state index in [9.17, 15) is 17.6 Å². The van der Waals surface area contributed by atoms with Crippen LogP contribution < -0.4 is 4.18 Å². The fourth-order valence-electron chi connectivity index (χ4n) is 1.43. The Morgan fingerprint density at radius 2 is 2.05 bits per heavy atom. The van der Waals surface area contributed by atoms with E-state index in [0.29, 0.717) is 0 Å². The van der Waals surface area contributed by atoms with Crippen molar-refractivity contribution >= 4 is 27.4 Å². The number of ether oxygens (including phenoxy) is 1. The first-order chi connectivity index (χ1) is 9.44. The van der Waals surface area contributed by atoms with Crippen molar-refractivity contribution in [1.82, 2.24) is 0 Å². The van der Waals surface area contributed by atoms with Gasteiger partial charge < -0.3 is 8.92 Å². The lowest BCUT2D eigenvalue weighted by atomic mass is 10.3. The van der Waals surface area contributed by atoms with Gasteiger partial charge in [0.25, 0.3) is 0 Å². The molecular formula is C12H9FO5S2. The summed E-state index contributed by atoms with van der Waals surface area (Å²) < 4.78 is 46.4. The summed E-state index contributed by atoms with van der Waals surface area (Å²) in [4.78, 5) is 11.1. The maximum absolute atomic E-state index is 13.0. The topological polar surface area (TPSA) is 69.7 Å². The van der Waals surface area contributed by atoms with Crippen molar-refractivity contribution in [2.45, 2.75) is 4.90 Å². The highest BCUT2D eigenvalue weighted by atomic mass is 32.2. The molecule has 0 unspecified atom stereocenters. The molecule has 106 valence electrons. The second-order valence-corrected chi connectivity index (χ2v) is 6.03. The first-order valence-electron chi connectivity index (χ1n) is 5.30. The summed E-state index contributed by atoms with van der Waals surface area (Å²) in [5.41, 5.74) is 0. The lowest BCUT2D eigenvalue weighted by Crippen LogP contribution is -2.13. The maximum atomic E-state index is 13.0. The fraction of sp³-hybridized carbons (Fsp3) is 0.0833. The van der Waals surface area contributed by atoms with Gasteiger partial charge in [-0.2, -0.15) is 8.42 Å². The molecule has 0 saturated heterocycles. The number of carbonyl (C=O) groups excluding carboxylic acids is 1. The van der Waals surface area contributed by atoms with E-state index in [1.807, 2.05) is 0 Å². The molecule has 0 radical (unpaired) electrons. The van der Waals surface area contributed by atoms with Crippen LogP contribution in [0.1, 0.15) is 9.67 Å². The second kappa shape index (κ2) is 5.59. The van der Waals surface area contributed by atoms with Crippen LogP contribution in [0.4, 0.5) is 4.39 Å². The van der Waals surface area contributed by atoms with E-state index >= 15 is 0 Å². The average Bonchev–Trinajstić information content (AvgIpc) is 2.87. The van der Waals surface area contributed by atoms with Gasteiger partial charge >= 0.3 is 16.1 Å². The molecule has 2 aromatic rings. The number of methoxy groups -OCH3 is 1. The van der Waals surface area contributed by atoms with Gasteiger partial charge in [0.05, 0.1) is 7.11 Å². The molecule has 0 bridgehead atoms. The van der Waals surface area contributed by atoms with Crippen LogP contribution in [0.25, 0.3) is 0 Å². The third-order valence-electron chi connectivity index (χ3n) is 2.27. The van der Waals surface area contributed by atoms with Crippen molar-refractivity contribution in [3.63, 3.8) is 0 Å². The molecule has 0 saturated carbocycles. The molecule has 0 atom stereocenters. The zero-order valence-corrected chi connectivity index (χ0v) is 11.8. The van der Waals surface area contributed by atoms with Gasteiger partial charge in [-0.25, -0.2) is 9.18 Å². The third kappa shape index (κ3) is 2.97. The van der Waals surface area contributed by atoms with E-state index in [2.05, 4.69) is 4.74 Å². The molecule has 20 heavy (non-hydrogen) atoms. The van der Waals surface area contributed by atoms with Gasteiger partial charge in [0.2, 0.25) is 0 Å². The molecular weight excluding hydrogens is 307 g/mol. The van der Waals surface area contributed by atoms with E-state index in [-0.39, 0.29) is 15.5 Å². The standard InChI is InChI=1S/C12H9FO5S2/c1-17-12(14)11-10(5-6-19-11)20(15,16)18-9-4-2-3-8(13)7-9/h2-7H,1H3. The minimum atomic E-state index is -4.23. The predicted molar refractivity (Wildman–Crippen MR) is 69.9 cm³/mol. The highest BCUT2D eigenvalue weighted by molar-refractivity contribution is 7.87. The van der Waals surface area contributed by atoms with Gasteiger partial charge in [0, 0.05) is 6.07 Å². The number of benzene rings is 1. The van der Waals surface area contributed by atoms with Gasteiger partial charge in [-0.05, 0) is 23.6 Å². The van der Waals surface area contributed by atoms with E-state index in [0.717, 1.165) is 30.6 Å². The number of esters is 1. The molecule has 0 aliphatic carbocycles. The van der Waals surface area contributed by atoms with Crippen LogP contribution in [0.5, 0.6) is 5.75 Å². The quantitative estimate of drug-likeness (QED) is 0.640. The number of hydrogen-bond acceptors (Lipinski definition) is 6. The minimum absolute atomic E-state index is 0.0936. The Bertz CT molecular complexity index is 736. The monoisotopic (exact) mass is 316 g/mol. The van der Waals surface area contributed by atoms with Crippen molar-refractivity contribution < 1.29 is 26.5 Å². The molecule has 0 N–H and O–H groups in total. The van der Waals surface area contributed by atoms with Crippen molar-refractivity contribution in [2.75, 3.05) is 7.11 Å². The van der Waals surface area contributed by atoms with E-state index in [1.54, 1.807) is 0 Å². The number of hydrogen-bond donors (Lipinski definition) is 0. The highest BCUT2D eigenvalue weighted by Crippen LogP contribution is 2.26. The number of rotatable bonds is 4. The van der Waals surface area contributed by atoms with Gasteiger partial charge in [-0.1, -0.05) is 6.07 Å². The summed E-state index contributed by atoms with van der Waals surface area (Å²) in [6, 6.07) is 5.93. The molecule has 0 aliphatic rings. The van der Waals surface area contributed by atoms with Gasteiger partial charge in [0.1, 0.15) is 21.3 Å². The predicted octanol–water partition coefficient (Wildman–Crippen LogP) is 2.44. The summed E-state index contributed by atoms with van der Waals surface area (Å²) in [5.74, 6) is -1.58. The van der Waals surface area contributed by atoms with Crippen LogP contribution in [0.15, 0.2) is 40.6 Å². The van der Waals surface area contributed by atoms with E-state index in [4.69, 9.17) is 4.18 Å². The fourth-order valence-corrected chi connectivity index (χ4v) is 3.66. The maximum Gasteiger partial charge on any atom is 0.349 e. The summed E-state index contributed by atoms with van der Waals surface area (Å²) in [5, 5.41) is 1.42. The zero-order chi connectivity index (χ0) is 14.8. The van der Waals surface area contributed by atoms with Crippen LogP contribution in [0.2, 0.25) is 0 Å². The van der Waals surface area contributed by atoms with Crippen molar-refractivity contribution in [3.05, 3.63) is 46.4 Å². The van der Waals surface area contributed by atoms with Gasteiger partial charge in [-0.3, -0.25) is 0 Å². The Morgan fingerprint density at radius 1 is 1.30 bits per heavy atom. The van der Waals surface area contributed by atoms with E-state index < -0.39 is 21.9 Å². The molecule has 0 amide bonds. The largest absolute Gasteiger partial charge is 0.465 e. The SMILES string of the molecule is COC(=O)c1sccc1S(=O)(=O)Oc1cccc(F)c1. The minimum Gasteiger partial charge on any atom is -0.465 e. The van der Waals surface area contributed by atoms with Crippen molar-refractivity contribution in [1.29, 1.82) is 0 Å². The Kier molecular flexibility index (Phi) is 4.05. The number of carbonyl (C=O) groups is 1.